The first-order valence-corrected chi connectivity index (χ1v) is 10.4. The lowest BCUT2D eigenvalue weighted by atomic mass is 10.0. The number of fused-ring (bicyclic) bond motifs is 1. The Bertz CT molecular complexity index is 1240. The van der Waals surface area contributed by atoms with Crippen LogP contribution in [0.1, 0.15) is 32.6 Å². The number of ether oxygens (including phenoxy) is 1. The molecule has 10 heteroatoms. The predicted octanol–water partition coefficient (Wildman–Crippen LogP) is 1.15. The Morgan fingerprint density at radius 1 is 1.32 bits per heavy atom. The summed E-state index contributed by atoms with van der Waals surface area (Å²) in [5, 5.41) is 3.08. The fourth-order valence-corrected chi connectivity index (χ4v) is 4.09. The Labute approximate surface area is 182 Å². The average Bonchev–Trinajstić information content (AvgIpc) is 2.73. The molecular weight excluding hydrogens is 422 g/mol. The number of methoxy groups -OCH3 is 1. The first kappa shape index (κ1) is 21.0. The Balaban J connectivity index is 1.79. The number of aromatic nitrogens is 2. The number of hydrogen-bond acceptors (Lipinski definition) is 6. The third-order valence-corrected chi connectivity index (χ3v) is 5.74. The van der Waals surface area contributed by atoms with E-state index in [1.807, 2.05) is 4.90 Å². The van der Waals surface area contributed by atoms with E-state index in [4.69, 9.17) is 16.3 Å². The number of amides is 2. The summed E-state index contributed by atoms with van der Waals surface area (Å²) in [6.45, 7) is 2.81. The SMILES string of the molecule is COc1ccc(Cl)cc1NC(=O)C1=c2c(nc(N3CCCCC3C)[nH]c2=O)=NC(=O)C1. The molecule has 2 aliphatic rings. The molecule has 0 radical (unpaired) electrons. The number of carbonyl (C=O) groups excluding carboxylic acids is 2. The van der Waals surface area contributed by atoms with Gasteiger partial charge in [-0.1, -0.05) is 11.6 Å². The molecular formula is C21H22ClN5O4. The molecule has 0 aliphatic carbocycles. The van der Waals surface area contributed by atoms with Crippen molar-refractivity contribution in [1.82, 2.24) is 9.97 Å². The summed E-state index contributed by atoms with van der Waals surface area (Å²) in [5.74, 6) is -0.388. The number of benzene rings is 1. The van der Waals surface area contributed by atoms with Crippen molar-refractivity contribution in [3.8, 4) is 5.75 Å². The lowest BCUT2D eigenvalue weighted by molar-refractivity contribution is -0.118. The first-order valence-electron chi connectivity index (χ1n) is 10.0. The molecule has 2 N–H and O–H groups in total. The Morgan fingerprint density at radius 2 is 2.13 bits per heavy atom. The topological polar surface area (TPSA) is 117 Å². The van der Waals surface area contributed by atoms with E-state index < -0.39 is 17.4 Å². The summed E-state index contributed by atoms with van der Waals surface area (Å²) in [7, 11) is 1.46. The highest BCUT2D eigenvalue weighted by molar-refractivity contribution is 6.31. The molecule has 2 amide bonds. The minimum Gasteiger partial charge on any atom is -0.495 e. The molecule has 2 aliphatic heterocycles. The quantitative estimate of drug-likeness (QED) is 0.732. The smallest absolute Gasteiger partial charge is 0.262 e. The fourth-order valence-electron chi connectivity index (χ4n) is 3.92. The lowest BCUT2D eigenvalue weighted by Gasteiger charge is -2.33. The van der Waals surface area contributed by atoms with Gasteiger partial charge in [-0.15, -0.1) is 0 Å². The molecule has 3 heterocycles. The molecule has 0 spiro atoms. The van der Waals surface area contributed by atoms with Gasteiger partial charge in [-0.3, -0.25) is 19.4 Å². The Hall–Kier alpha value is -3.20. The second-order valence-electron chi connectivity index (χ2n) is 7.59. The van der Waals surface area contributed by atoms with E-state index in [9.17, 15) is 14.4 Å². The van der Waals surface area contributed by atoms with E-state index in [2.05, 4.69) is 27.2 Å². The number of aromatic amines is 1. The van der Waals surface area contributed by atoms with Gasteiger partial charge in [0.2, 0.25) is 5.95 Å². The number of piperidine rings is 1. The van der Waals surface area contributed by atoms with Gasteiger partial charge in [-0.2, -0.15) is 9.98 Å². The van der Waals surface area contributed by atoms with Gasteiger partial charge in [0.15, 0.2) is 5.49 Å². The molecule has 1 fully saturated rings. The summed E-state index contributed by atoms with van der Waals surface area (Å²) >= 11 is 6.02. The van der Waals surface area contributed by atoms with Crippen molar-refractivity contribution in [3.63, 3.8) is 0 Å². The largest absolute Gasteiger partial charge is 0.495 e. The molecule has 0 bridgehead atoms. The number of hydrogen-bond donors (Lipinski definition) is 2. The highest BCUT2D eigenvalue weighted by atomic mass is 35.5. The van der Waals surface area contributed by atoms with Crippen LogP contribution in [0, 0.1) is 0 Å². The number of nitrogens with one attached hydrogen (secondary N) is 2. The van der Waals surface area contributed by atoms with Crippen molar-refractivity contribution in [2.75, 3.05) is 23.9 Å². The van der Waals surface area contributed by atoms with Crippen LogP contribution >= 0.6 is 11.6 Å². The van der Waals surface area contributed by atoms with Crippen LogP contribution < -0.4 is 31.2 Å². The minimum atomic E-state index is -0.614. The van der Waals surface area contributed by atoms with Gasteiger partial charge in [0.25, 0.3) is 17.4 Å². The molecule has 1 aromatic heterocycles. The Morgan fingerprint density at radius 3 is 2.87 bits per heavy atom. The molecule has 1 unspecified atom stereocenters. The van der Waals surface area contributed by atoms with Crippen molar-refractivity contribution in [3.05, 3.63) is 44.3 Å². The van der Waals surface area contributed by atoms with Crippen molar-refractivity contribution in [2.45, 2.75) is 38.6 Å². The number of nitrogens with zero attached hydrogens (tertiary/aromatic N) is 3. The van der Waals surface area contributed by atoms with E-state index in [0.717, 1.165) is 25.8 Å². The van der Waals surface area contributed by atoms with E-state index in [-0.39, 0.29) is 28.7 Å². The number of halogens is 1. The van der Waals surface area contributed by atoms with Crippen LogP contribution in [0.25, 0.3) is 5.57 Å². The van der Waals surface area contributed by atoms with Gasteiger partial charge in [0, 0.05) is 23.2 Å². The number of H-pyrrole nitrogens is 1. The van der Waals surface area contributed by atoms with Crippen LogP contribution in [0.2, 0.25) is 5.02 Å². The third kappa shape index (κ3) is 4.18. The van der Waals surface area contributed by atoms with Crippen LogP contribution in [0.4, 0.5) is 11.6 Å². The molecule has 2 aromatic rings. The predicted molar refractivity (Wildman–Crippen MR) is 116 cm³/mol. The van der Waals surface area contributed by atoms with Crippen LogP contribution in [0.15, 0.2) is 28.0 Å². The van der Waals surface area contributed by atoms with Gasteiger partial charge in [0.1, 0.15) is 5.75 Å². The van der Waals surface area contributed by atoms with Crippen LogP contribution in [-0.2, 0) is 9.59 Å². The molecule has 1 saturated heterocycles. The second kappa shape index (κ2) is 8.50. The Kier molecular flexibility index (Phi) is 5.77. The fraction of sp³-hybridized carbons (Fsp3) is 0.381. The minimum absolute atomic E-state index is 0.00372. The summed E-state index contributed by atoms with van der Waals surface area (Å²) in [6.07, 6.45) is 2.78. The van der Waals surface area contributed by atoms with Crippen molar-refractivity contribution in [2.24, 2.45) is 4.99 Å². The summed E-state index contributed by atoms with van der Waals surface area (Å²) in [6, 6.07) is 4.96. The normalized spacial score (nSPS) is 18.3. The molecule has 1 atom stereocenters. The number of carbonyl (C=O) groups is 2. The van der Waals surface area contributed by atoms with E-state index in [1.54, 1.807) is 12.1 Å². The summed E-state index contributed by atoms with van der Waals surface area (Å²) < 4.78 is 5.24. The van der Waals surface area contributed by atoms with Gasteiger partial charge in [0.05, 0.1) is 24.4 Å². The van der Waals surface area contributed by atoms with Gasteiger partial charge in [-0.25, -0.2) is 0 Å². The first-order chi connectivity index (χ1) is 14.9. The zero-order valence-corrected chi connectivity index (χ0v) is 18.0. The lowest BCUT2D eigenvalue weighted by Crippen LogP contribution is -2.51. The van der Waals surface area contributed by atoms with Crippen LogP contribution in [0.3, 0.4) is 0 Å². The maximum absolute atomic E-state index is 13.0. The summed E-state index contributed by atoms with van der Waals surface area (Å²) in [5.41, 5.74) is -0.204. The molecule has 4 rings (SSSR count). The van der Waals surface area contributed by atoms with Gasteiger partial charge in [-0.05, 0) is 44.4 Å². The zero-order valence-electron chi connectivity index (χ0n) is 17.2. The van der Waals surface area contributed by atoms with Crippen molar-refractivity contribution < 1.29 is 14.3 Å². The second-order valence-corrected chi connectivity index (χ2v) is 8.02. The van der Waals surface area contributed by atoms with E-state index >= 15 is 0 Å². The van der Waals surface area contributed by atoms with Crippen molar-refractivity contribution in [1.29, 1.82) is 0 Å². The van der Waals surface area contributed by atoms with Crippen LogP contribution in [0.5, 0.6) is 5.75 Å². The maximum atomic E-state index is 13.0. The molecule has 1 aromatic carbocycles. The average molecular weight is 444 g/mol. The van der Waals surface area contributed by atoms with Crippen LogP contribution in [-0.4, -0.2) is 41.5 Å². The standard InChI is InChI=1S/C21H22ClN5O4/c1-11-5-3-4-8-27(11)21-25-18-17(20(30)26-21)13(10-16(28)24-18)19(29)23-14-9-12(22)6-7-15(14)31-2/h6-7,9,11H,3-5,8,10H2,1-2H3,(H,23,29)(H,24,25,26,28,30). The summed E-state index contributed by atoms with van der Waals surface area (Å²) in [4.78, 5) is 51.3. The van der Waals surface area contributed by atoms with E-state index in [0.29, 0.717) is 22.4 Å². The molecule has 0 saturated carbocycles. The number of anilines is 2. The molecule has 31 heavy (non-hydrogen) atoms. The monoisotopic (exact) mass is 443 g/mol. The maximum Gasteiger partial charge on any atom is 0.262 e. The molecule has 162 valence electrons. The third-order valence-electron chi connectivity index (χ3n) is 5.51. The van der Waals surface area contributed by atoms with Gasteiger partial charge >= 0.3 is 0 Å². The molecule has 9 nitrogen and oxygen atoms in total. The van der Waals surface area contributed by atoms with Gasteiger partial charge < -0.3 is 15.0 Å². The number of rotatable bonds is 4. The zero-order chi connectivity index (χ0) is 22.1. The highest BCUT2D eigenvalue weighted by Gasteiger charge is 2.25. The highest BCUT2D eigenvalue weighted by Crippen LogP contribution is 2.28. The van der Waals surface area contributed by atoms with Crippen molar-refractivity contribution >= 4 is 40.6 Å². The van der Waals surface area contributed by atoms with E-state index in [1.165, 1.54) is 13.2 Å².